The number of carbonyl (C=O) groups excluding carboxylic acids is 1. The van der Waals surface area contributed by atoms with Crippen LogP contribution in [0.15, 0.2) is 48.5 Å². The molecule has 0 saturated carbocycles. The van der Waals surface area contributed by atoms with E-state index in [1.807, 2.05) is 43.3 Å². The van der Waals surface area contributed by atoms with Crippen molar-refractivity contribution in [3.63, 3.8) is 0 Å². The number of aromatic nitrogens is 1. The average molecular weight is 419 g/mol. The van der Waals surface area contributed by atoms with E-state index in [9.17, 15) is 4.79 Å². The molecular formula is C24H25N3O4. The average Bonchev–Trinajstić information content (AvgIpc) is 2.79. The highest BCUT2D eigenvalue weighted by molar-refractivity contribution is 5.96. The van der Waals surface area contributed by atoms with Gasteiger partial charge in [0.15, 0.2) is 0 Å². The summed E-state index contributed by atoms with van der Waals surface area (Å²) >= 11 is 0. The zero-order valence-electron chi connectivity index (χ0n) is 17.5. The summed E-state index contributed by atoms with van der Waals surface area (Å²) in [6.45, 7) is 3.73. The van der Waals surface area contributed by atoms with Gasteiger partial charge in [-0.2, -0.15) is 0 Å². The lowest BCUT2D eigenvalue weighted by atomic mass is 9.99. The third-order valence-electron chi connectivity index (χ3n) is 5.93. The number of benzene rings is 2. The molecule has 2 aromatic carbocycles. The van der Waals surface area contributed by atoms with E-state index in [1.165, 1.54) is 0 Å². The highest BCUT2D eigenvalue weighted by atomic mass is 16.7. The fourth-order valence-electron chi connectivity index (χ4n) is 4.31. The van der Waals surface area contributed by atoms with Crippen LogP contribution in [0.3, 0.4) is 0 Å². The molecule has 160 valence electrons. The molecule has 1 saturated heterocycles. The van der Waals surface area contributed by atoms with E-state index in [0.717, 1.165) is 33.3 Å². The lowest BCUT2D eigenvalue weighted by Crippen LogP contribution is -2.52. The number of ether oxygens (including phenoxy) is 3. The second-order valence-corrected chi connectivity index (χ2v) is 7.93. The summed E-state index contributed by atoms with van der Waals surface area (Å²) < 4.78 is 17.6. The van der Waals surface area contributed by atoms with Crippen molar-refractivity contribution in [1.82, 2.24) is 9.88 Å². The molecule has 0 bridgehead atoms. The highest BCUT2D eigenvalue weighted by Gasteiger charge is 2.42. The van der Waals surface area contributed by atoms with Crippen LogP contribution < -0.4 is 10.5 Å². The van der Waals surface area contributed by atoms with E-state index in [1.54, 1.807) is 4.90 Å². The van der Waals surface area contributed by atoms with Gasteiger partial charge in [-0.05, 0) is 36.6 Å². The molecule has 0 radical (unpaired) electrons. The van der Waals surface area contributed by atoms with Crippen molar-refractivity contribution in [2.75, 3.05) is 25.4 Å². The summed E-state index contributed by atoms with van der Waals surface area (Å²) in [6.07, 6.45) is 0.933. The number of fused-ring (bicyclic) bond motifs is 2. The number of carbonyl (C=O) groups is 1. The molecule has 0 aliphatic carbocycles. The lowest BCUT2D eigenvalue weighted by Gasteiger charge is -2.43. The Morgan fingerprint density at radius 2 is 2.00 bits per heavy atom. The SMILES string of the molecule is CCOC(=O)N1CCC2(CC1)OCc1cc(-c3nc(N)cc4ccccc34)ccc1O2. The van der Waals surface area contributed by atoms with Crippen molar-refractivity contribution in [3.8, 4) is 17.0 Å². The molecule has 0 atom stereocenters. The van der Waals surface area contributed by atoms with Gasteiger partial charge in [-0.25, -0.2) is 9.78 Å². The maximum absolute atomic E-state index is 12.0. The van der Waals surface area contributed by atoms with E-state index < -0.39 is 5.79 Å². The van der Waals surface area contributed by atoms with Gasteiger partial charge < -0.3 is 24.8 Å². The van der Waals surface area contributed by atoms with Crippen molar-refractivity contribution >= 4 is 22.7 Å². The molecule has 1 fully saturated rings. The number of hydrogen-bond acceptors (Lipinski definition) is 6. The van der Waals surface area contributed by atoms with E-state index >= 15 is 0 Å². The number of rotatable bonds is 2. The van der Waals surface area contributed by atoms with Crippen LogP contribution in [-0.4, -0.2) is 41.5 Å². The van der Waals surface area contributed by atoms with Gasteiger partial charge in [0, 0.05) is 42.4 Å². The topological polar surface area (TPSA) is 86.9 Å². The molecule has 1 aromatic heterocycles. The first-order valence-corrected chi connectivity index (χ1v) is 10.6. The number of nitrogen functional groups attached to an aromatic ring is 1. The van der Waals surface area contributed by atoms with E-state index in [0.29, 0.717) is 45.0 Å². The molecule has 3 aromatic rings. The predicted molar refractivity (Wildman–Crippen MR) is 118 cm³/mol. The fraction of sp³-hybridized carbons (Fsp3) is 0.333. The van der Waals surface area contributed by atoms with Crippen molar-refractivity contribution in [3.05, 3.63) is 54.1 Å². The van der Waals surface area contributed by atoms with Crippen LogP contribution in [0.2, 0.25) is 0 Å². The van der Waals surface area contributed by atoms with Crippen LogP contribution in [0.5, 0.6) is 5.75 Å². The molecule has 2 aliphatic rings. The molecular weight excluding hydrogens is 394 g/mol. The molecule has 0 unspecified atom stereocenters. The van der Waals surface area contributed by atoms with Crippen LogP contribution >= 0.6 is 0 Å². The number of amides is 1. The van der Waals surface area contributed by atoms with Gasteiger partial charge in [-0.15, -0.1) is 0 Å². The van der Waals surface area contributed by atoms with Crippen LogP contribution in [0.4, 0.5) is 10.6 Å². The molecule has 1 amide bonds. The van der Waals surface area contributed by atoms with Crippen LogP contribution in [0.25, 0.3) is 22.0 Å². The fourth-order valence-corrected chi connectivity index (χ4v) is 4.31. The number of hydrogen-bond donors (Lipinski definition) is 1. The van der Waals surface area contributed by atoms with Crippen molar-refractivity contribution in [1.29, 1.82) is 0 Å². The van der Waals surface area contributed by atoms with E-state index in [-0.39, 0.29) is 6.09 Å². The second-order valence-electron chi connectivity index (χ2n) is 7.93. The van der Waals surface area contributed by atoms with Crippen LogP contribution in [0, 0.1) is 0 Å². The summed E-state index contributed by atoms with van der Waals surface area (Å²) in [6, 6.07) is 16.0. The second kappa shape index (κ2) is 7.74. The Morgan fingerprint density at radius 1 is 1.19 bits per heavy atom. The Labute approximate surface area is 180 Å². The highest BCUT2D eigenvalue weighted by Crippen LogP contribution is 2.40. The number of anilines is 1. The molecule has 31 heavy (non-hydrogen) atoms. The zero-order chi connectivity index (χ0) is 21.4. The monoisotopic (exact) mass is 419 g/mol. The predicted octanol–water partition coefficient (Wildman–Crippen LogP) is 4.34. The number of likely N-dealkylation sites (tertiary alicyclic amines) is 1. The van der Waals surface area contributed by atoms with E-state index in [4.69, 9.17) is 19.9 Å². The minimum Gasteiger partial charge on any atom is -0.462 e. The Morgan fingerprint density at radius 3 is 2.81 bits per heavy atom. The Kier molecular flexibility index (Phi) is 4.90. The number of nitrogens with zero attached hydrogens (tertiary/aromatic N) is 2. The first-order valence-electron chi connectivity index (χ1n) is 10.6. The molecule has 2 aliphatic heterocycles. The minimum atomic E-state index is -0.695. The summed E-state index contributed by atoms with van der Waals surface area (Å²) in [5.41, 5.74) is 8.85. The first-order chi connectivity index (χ1) is 15.1. The van der Waals surface area contributed by atoms with Crippen molar-refractivity contribution in [2.24, 2.45) is 0 Å². The quantitative estimate of drug-likeness (QED) is 0.665. The smallest absolute Gasteiger partial charge is 0.409 e. The Bertz CT molecular complexity index is 1140. The molecule has 7 heteroatoms. The number of pyridine rings is 1. The number of piperidine rings is 1. The largest absolute Gasteiger partial charge is 0.462 e. The standard InChI is InChI=1S/C24H25N3O4/c1-2-29-23(28)27-11-9-24(10-12-27)30-15-18-13-17(7-8-20(18)31-24)22-19-6-4-3-5-16(19)14-21(25)26-22/h3-8,13-14H,2,9-12,15H2,1H3,(H2,25,26). The number of nitrogens with two attached hydrogens (primary N) is 1. The maximum atomic E-state index is 12.0. The van der Waals surface area contributed by atoms with Gasteiger partial charge in [0.1, 0.15) is 11.6 Å². The normalized spacial score (nSPS) is 17.3. The summed E-state index contributed by atoms with van der Waals surface area (Å²) in [7, 11) is 0. The third kappa shape index (κ3) is 3.65. The van der Waals surface area contributed by atoms with Gasteiger partial charge in [-0.3, -0.25) is 0 Å². The summed E-state index contributed by atoms with van der Waals surface area (Å²) in [4.78, 5) is 18.3. The molecule has 2 N–H and O–H groups in total. The van der Waals surface area contributed by atoms with Crippen LogP contribution in [-0.2, 0) is 16.1 Å². The van der Waals surface area contributed by atoms with Gasteiger partial charge in [0.05, 0.1) is 18.9 Å². The third-order valence-corrected chi connectivity index (χ3v) is 5.93. The summed E-state index contributed by atoms with van der Waals surface area (Å²) in [5.74, 6) is 0.610. The van der Waals surface area contributed by atoms with Gasteiger partial charge in [0.25, 0.3) is 0 Å². The molecule has 5 rings (SSSR count). The lowest BCUT2D eigenvalue weighted by molar-refractivity contribution is -0.226. The Hall–Kier alpha value is -3.32. The zero-order valence-corrected chi connectivity index (χ0v) is 17.5. The van der Waals surface area contributed by atoms with Gasteiger partial charge in [-0.1, -0.05) is 24.3 Å². The van der Waals surface area contributed by atoms with E-state index in [2.05, 4.69) is 17.1 Å². The molecule has 7 nitrogen and oxygen atoms in total. The van der Waals surface area contributed by atoms with Gasteiger partial charge >= 0.3 is 6.09 Å². The van der Waals surface area contributed by atoms with Gasteiger partial charge in [0.2, 0.25) is 5.79 Å². The van der Waals surface area contributed by atoms with Crippen LogP contribution in [0.1, 0.15) is 25.3 Å². The molecule has 1 spiro atoms. The minimum absolute atomic E-state index is 0.278. The molecule has 3 heterocycles. The Balaban J connectivity index is 1.38. The summed E-state index contributed by atoms with van der Waals surface area (Å²) in [5, 5.41) is 2.11. The van der Waals surface area contributed by atoms with Crippen molar-refractivity contribution < 1.29 is 19.0 Å². The first kappa shape index (κ1) is 19.6. The van der Waals surface area contributed by atoms with Crippen molar-refractivity contribution in [2.45, 2.75) is 32.2 Å². The maximum Gasteiger partial charge on any atom is 0.409 e.